The maximum atomic E-state index is 12.4. The zero-order valence-electron chi connectivity index (χ0n) is 14.8. The minimum atomic E-state index is 0.197. The summed E-state index contributed by atoms with van der Waals surface area (Å²) in [6.07, 6.45) is 2.38. The highest BCUT2D eigenvalue weighted by Crippen LogP contribution is 2.19. The molecule has 0 spiro atoms. The molecule has 0 aliphatic carbocycles. The van der Waals surface area contributed by atoms with Crippen LogP contribution in [-0.2, 0) is 4.79 Å². The van der Waals surface area contributed by atoms with E-state index in [2.05, 4.69) is 44.6 Å². The van der Waals surface area contributed by atoms with E-state index in [0.717, 1.165) is 42.0 Å². The third-order valence-electron chi connectivity index (χ3n) is 4.53. The number of hydrogen-bond acceptors (Lipinski definition) is 6. The van der Waals surface area contributed by atoms with Crippen LogP contribution in [0.5, 0.6) is 0 Å². The summed E-state index contributed by atoms with van der Waals surface area (Å²) in [5, 5.41) is 8.45. The number of aromatic nitrogens is 3. The molecule has 1 fully saturated rings. The topological polar surface area (TPSA) is 65.8 Å². The lowest BCUT2D eigenvalue weighted by Gasteiger charge is -2.36. The molecule has 26 heavy (non-hydrogen) atoms. The first-order valence-corrected chi connectivity index (χ1v) is 9.65. The Morgan fingerprint density at radius 3 is 2.69 bits per heavy atom. The van der Waals surface area contributed by atoms with Gasteiger partial charge in [0.05, 0.1) is 11.9 Å². The van der Waals surface area contributed by atoms with Crippen molar-refractivity contribution in [3.05, 3.63) is 42.2 Å². The standard InChI is InChI=1S/C18H22N6OS/c1-14-13-24-18(20-14)26-17(21-24)19-8-7-16(25)23-11-9-22(10-12-23)15-5-3-2-4-6-15/h2-6,13H,7-12H2,1H3,(H,19,21). The van der Waals surface area contributed by atoms with Gasteiger partial charge in [-0.25, -0.2) is 9.50 Å². The number of aryl methyl sites for hydroxylation is 1. The number of piperazine rings is 1. The maximum absolute atomic E-state index is 12.4. The van der Waals surface area contributed by atoms with E-state index in [0.29, 0.717) is 13.0 Å². The Morgan fingerprint density at radius 1 is 1.19 bits per heavy atom. The van der Waals surface area contributed by atoms with Gasteiger partial charge < -0.3 is 15.1 Å². The van der Waals surface area contributed by atoms with Crippen LogP contribution < -0.4 is 10.2 Å². The Morgan fingerprint density at radius 2 is 1.96 bits per heavy atom. The highest BCUT2D eigenvalue weighted by molar-refractivity contribution is 7.20. The highest BCUT2D eigenvalue weighted by Gasteiger charge is 2.20. The Labute approximate surface area is 156 Å². The monoisotopic (exact) mass is 370 g/mol. The Bertz CT molecular complexity index is 850. The first-order chi connectivity index (χ1) is 12.7. The second kappa shape index (κ2) is 7.33. The smallest absolute Gasteiger partial charge is 0.224 e. The third kappa shape index (κ3) is 3.65. The van der Waals surface area contributed by atoms with Gasteiger partial charge in [-0.15, -0.1) is 5.10 Å². The fraction of sp³-hybridized carbons (Fsp3) is 0.389. The van der Waals surface area contributed by atoms with Crippen molar-refractivity contribution >= 4 is 33.0 Å². The minimum absolute atomic E-state index is 0.197. The molecule has 0 bridgehead atoms. The zero-order chi connectivity index (χ0) is 17.9. The number of anilines is 2. The van der Waals surface area contributed by atoms with E-state index in [-0.39, 0.29) is 5.91 Å². The molecule has 1 aliphatic rings. The predicted octanol–water partition coefficient (Wildman–Crippen LogP) is 2.25. The molecule has 1 aliphatic heterocycles. The Kier molecular flexibility index (Phi) is 4.75. The highest BCUT2D eigenvalue weighted by atomic mass is 32.1. The average Bonchev–Trinajstić information content (AvgIpc) is 3.19. The van der Waals surface area contributed by atoms with Crippen LogP contribution in [0.2, 0.25) is 0 Å². The molecule has 0 unspecified atom stereocenters. The summed E-state index contributed by atoms with van der Waals surface area (Å²) in [5.41, 5.74) is 2.19. The van der Waals surface area contributed by atoms with Gasteiger partial charge in [0, 0.05) is 44.8 Å². The number of rotatable bonds is 5. The van der Waals surface area contributed by atoms with Gasteiger partial charge in [0.2, 0.25) is 16.0 Å². The van der Waals surface area contributed by atoms with E-state index < -0.39 is 0 Å². The van der Waals surface area contributed by atoms with Gasteiger partial charge in [-0.2, -0.15) is 0 Å². The first kappa shape index (κ1) is 16.8. The maximum Gasteiger partial charge on any atom is 0.224 e. The molecule has 7 nitrogen and oxygen atoms in total. The average molecular weight is 370 g/mol. The van der Waals surface area contributed by atoms with Gasteiger partial charge >= 0.3 is 0 Å². The molecule has 3 heterocycles. The molecule has 0 atom stereocenters. The van der Waals surface area contributed by atoms with Crippen molar-refractivity contribution in [2.75, 3.05) is 42.9 Å². The lowest BCUT2D eigenvalue weighted by Crippen LogP contribution is -2.49. The fourth-order valence-corrected chi connectivity index (χ4v) is 4.02. The van der Waals surface area contributed by atoms with Gasteiger partial charge in [0.15, 0.2) is 0 Å². The minimum Gasteiger partial charge on any atom is -0.368 e. The number of amides is 1. The first-order valence-electron chi connectivity index (χ1n) is 8.83. The molecule has 8 heteroatoms. The molecule has 0 saturated carbocycles. The van der Waals surface area contributed by atoms with E-state index in [9.17, 15) is 4.79 Å². The van der Waals surface area contributed by atoms with E-state index in [1.165, 1.54) is 17.0 Å². The summed E-state index contributed by atoms with van der Waals surface area (Å²) in [7, 11) is 0. The number of para-hydroxylation sites is 1. The molecular formula is C18H22N6OS. The Hall–Kier alpha value is -2.61. The molecule has 4 rings (SSSR count). The summed E-state index contributed by atoms with van der Waals surface area (Å²) >= 11 is 1.50. The van der Waals surface area contributed by atoms with Crippen LogP contribution in [0.1, 0.15) is 12.1 Å². The number of imidazole rings is 1. The van der Waals surface area contributed by atoms with Gasteiger partial charge in [-0.1, -0.05) is 29.5 Å². The number of hydrogen-bond donors (Lipinski definition) is 1. The van der Waals surface area contributed by atoms with Gasteiger partial charge in [0.1, 0.15) is 0 Å². The number of nitrogens with one attached hydrogen (secondary N) is 1. The van der Waals surface area contributed by atoms with Crippen molar-refractivity contribution in [1.82, 2.24) is 19.5 Å². The van der Waals surface area contributed by atoms with Crippen LogP contribution in [0.4, 0.5) is 10.8 Å². The lowest BCUT2D eigenvalue weighted by atomic mass is 10.2. The van der Waals surface area contributed by atoms with E-state index in [4.69, 9.17) is 0 Å². The van der Waals surface area contributed by atoms with Crippen LogP contribution in [0.15, 0.2) is 36.5 Å². The van der Waals surface area contributed by atoms with Crippen LogP contribution >= 0.6 is 11.3 Å². The van der Waals surface area contributed by atoms with Crippen molar-refractivity contribution in [3.63, 3.8) is 0 Å². The third-order valence-corrected chi connectivity index (χ3v) is 5.41. The molecule has 1 N–H and O–H groups in total. The van der Waals surface area contributed by atoms with Crippen LogP contribution in [0.25, 0.3) is 4.96 Å². The quantitative estimate of drug-likeness (QED) is 0.746. The molecular weight excluding hydrogens is 348 g/mol. The van der Waals surface area contributed by atoms with E-state index in [1.54, 1.807) is 4.52 Å². The van der Waals surface area contributed by atoms with Crippen molar-refractivity contribution in [1.29, 1.82) is 0 Å². The summed E-state index contributed by atoms with van der Waals surface area (Å²) in [6.45, 7) is 5.85. The van der Waals surface area contributed by atoms with Crippen molar-refractivity contribution < 1.29 is 4.79 Å². The van der Waals surface area contributed by atoms with Crippen molar-refractivity contribution in [2.24, 2.45) is 0 Å². The summed E-state index contributed by atoms with van der Waals surface area (Å²) < 4.78 is 1.77. The Balaban J connectivity index is 1.23. The number of benzene rings is 1. The molecule has 1 saturated heterocycles. The summed E-state index contributed by atoms with van der Waals surface area (Å²) in [6, 6.07) is 10.4. The predicted molar refractivity (Wildman–Crippen MR) is 104 cm³/mol. The normalized spacial score (nSPS) is 14.8. The molecule has 0 radical (unpaired) electrons. The van der Waals surface area contributed by atoms with Gasteiger partial charge in [0.25, 0.3) is 0 Å². The number of nitrogens with zero attached hydrogens (tertiary/aromatic N) is 5. The number of fused-ring (bicyclic) bond motifs is 1. The summed E-state index contributed by atoms with van der Waals surface area (Å²) in [5.74, 6) is 0.197. The number of carbonyl (C=O) groups excluding carboxylic acids is 1. The van der Waals surface area contributed by atoms with Crippen LogP contribution in [0, 0.1) is 6.92 Å². The summed E-state index contributed by atoms with van der Waals surface area (Å²) in [4.78, 5) is 22.0. The zero-order valence-corrected chi connectivity index (χ0v) is 15.6. The van der Waals surface area contributed by atoms with Crippen molar-refractivity contribution in [3.8, 4) is 0 Å². The second-order valence-electron chi connectivity index (χ2n) is 6.40. The molecule has 3 aromatic rings. The molecule has 136 valence electrons. The molecule has 1 aromatic carbocycles. The van der Waals surface area contributed by atoms with Gasteiger partial charge in [-0.3, -0.25) is 4.79 Å². The van der Waals surface area contributed by atoms with E-state index >= 15 is 0 Å². The lowest BCUT2D eigenvalue weighted by molar-refractivity contribution is -0.131. The molecule has 1 amide bonds. The largest absolute Gasteiger partial charge is 0.368 e. The van der Waals surface area contributed by atoms with E-state index in [1.807, 2.05) is 24.1 Å². The second-order valence-corrected chi connectivity index (χ2v) is 7.35. The van der Waals surface area contributed by atoms with Crippen molar-refractivity contribution in [2.45, 2.75) is 13.3 Å². The SMILES string of the molecule is Cc1cn2nc(NCCC(=O)N3CCN(c4ccccc4)CC3)sc2n1. The molecule has 2 aromatic heterocycles. The van der Waals surface area contributed by atoms with Crippen LogP contribution in [-0.4, -0.2) is 58.1 Å². The van der Waals surface area contributed by atoms with Gasteiger partial charge in [-0.05, 0) is 19.1 Å². The number of carbonyl (C=O) groups is 1. The van der Waals surface area contributed by atoms with Crippen LogP contribution in [0.3, 0.4) is 0 Å². The fourth-order valence-electron chi connectivity index (χ4n) is 3.17.